The summed E-state index contributed by atoms with van der Waals surface area (Å²) in [7, 11) is 0. The van der Waals surface area contributed by atoms with Crippen LogP contribution in [0.15, 0.2) is 0 Å². The first kappa shape index (κ1) is 5.57. The molecule has 1 saturated carbocycles. The number of alkyl halides is 1. The van der Waals surface area contributed by atoms with Crippen molar-refractivity contribution < 1.29 is 0 Å². The number of rotatable bonds is 0. The van der Waals surface area contributed by atoms with Crippen LogP contribution in [0.1, 0.15) is 19.3 Å². The fourth-order valence-electron chi connectivity index (χ4n) is 0.959. The van der Waals surface area contributed by atoms with Crippen molar-refractivity contribution in [3.05, 3.63) is 0 Å². The first-order valence-corrected chi connectivity index (χ1v) is 3.60. The topological polar surface area (TPSA) is 26.0 Å². The van der Waals surface area contributed by atoms with Gasteiger partial charge in [0.1, 0.15) is 0 Å². The van der Waals surface area contributed by atoms with Crippen molar-refractivity contribution in [2.45, 2.75) is 30.1 Å². The summed E-state index contributed by atoms with van der Waals surface area (Å²) in [6, 6.07) is 0.476. The van der Waals surface area contributed by atoms with Crippen LogP contribution < -0.4 is 5.73 Å². The molecule has 0 aromatic heterocycles. The van der Waals surface area contributed by atoms with Crippen molar-refractivity contribution >= 4 is 15.9 Å². The van der Waals surface area contributed by atoms with Crippen LogP contribution >= 0.6 is 15.9 Å². The Kier molecular flexibility index (Phi) is 1.70. The van der Waals surface area contributed by atoms with Gasteiger partial charge in [0, 0.05) is 10.9 Å². The molecule has 0 aliphatic heterocycles. The van der Waals surface area contributed by atoms with Gasteiger partial charge in [0.25, 0.3) is 0 Å². The molecule has 2 atom stereocenters. The van der Waals surface area contributed by atoms with E-state index in [0.717, 1.165) is 0 Å². The zero-order chi connectivity index (χ0) is 5.28. The molecule has 1 aliphatic rings. The number of hydrogen-bond donors (Lipinski definition) is 1. The molecule has 0 aromatic carbocycles. The van der Waals surface area contributed by atoms with Crippen molar-refractivity contribution in [1.29, 1.82) is 0 Å². The maximum Gasteiger partial charge on any atom is 0.0161 e. The van der Waals surface area contributed by atoms with E-state index >= 15 is 0 Å². The average Bonchev–Trinajstić information content (AvgIpc) is 1.87. The molecule has 7 heavy (non-hydrogen) atoms. The number of nitrogens with two attached hydrogens (primary N) is 1. The van der Waals surface area contributed by atoms with Gasteiger partial charge in [-0.25, -0.2) is 0 Å². The van der Waals surface area contributed by atoms with Gasteiger partial charge < -0.3 is 5.73 Å². The fourth-order valence-corrected chi connectivity index (χ4v) is 1.70. The molecule has 0 amide bonds. The number of halogens is 1. The second kappa shape index (κ2) is 2.14. The highest BCUT2D eigenvalue weighted by atomic mass is 79.9. The highest BCUT2D eigenvalue weighted by molar-refractivity contribution is 9.09. The van der Waals surface area contributed by atoms with Crippen LogP contribution in [-0.2, 0) is 0 Å². The monoisotopic (exact) mass is 163 g/mol. The summed E-state index contributed by atoms with van der Waals surface area (Å²) < 4.78 is 0. The molecule has 0 heterocycles. The fraction of sp³-hybridized carbons (Fsp3) is 1.00. The Morgan fingerprint density at radius 1 is 1.43 bits per heavy atom. The van der Waals surface area contributed by atoms with E-state index in [1.54, 1.807) is 0 Å². The van der Waals surface area contributed by atoms with E-state index in [9.17, 15) is 0 Å². The summed E-state index contributed by atoms with van der Waals surface area (Å²) in [6.07, 6.45) is 3.64. The van der Waals surface area contributed by atoms with Crippen molar-refractivity contribution in [3.8, 4) is 0 Å². The Morgan fingerprint density at radius 2 is 2.14 bits per heavy atom. The second-order valence-electron chi connectivity index (χ2n) is 2.17. The zero-order valence-electron chi connectivity index (χ0n) is 4.23. The van der Waals surface area contributed by atoms with Gasteiger partial charge in [-0.15, -0.1) is 0 Å². The summed E-state index contributed by atoms with van der Waals surface area (Å²) in [5.74, 6) is 0. The van der Waals surface area contributed by atoms with E-state index in [4.69, 9.17) is 5.73 Å². The van der Waals surface area contributed by atoms with Crippen molar-refractivity contribution in [2.75, 3.05) is 0 Å². The van der Waals surface area contributed by atoms with E-state index < -0.39 is 0 Å². The lowest BCUT2D eigenvalue weighted by Crippen LogP contribution is -2.14. The van der Waals surface area contributed by atoms with E-state index in [0.29, 0.717) is 10.9 Å². The standard InChI is InChI=1S/C5H10BrN/c6-4-1-2-5(7)3-4/h4-5H,1-3,7H2/t4?,5-/m1/s1. The largest absolute Gasteiger partial charge is 0.328 e. The Bertz CT molecular complexity index is 57.1. The lowest BCUT2D eigenvalue weighted by molar-refractivity contribution is 0.706. The van der Waals surface area contributed by atoms with Crippen molar-refractivity contribution in [1.82, 2.24) is 0 Å². The highest BCUT2D eigenvalue weighted by Crippen LogP contribution is 2.23. The van der Waals surface area contributed by atoms with E-state index in [1.807, 2.05) is 0 Å². The molecule has 0 saturated heterocycles. The average molecular weight is 164 g/mol. The molecule has 1 rings (SSSR count). The van der Waals surface area contributed by atoms with Gasteiger partial charge in [-0.1, -0.05) is 15.9 Å². The van der Waals surface area contributed by atoms with Crippen LogP contribution in [-0.4, -0.2) is 10.9 Å². The summed E-state index contributed by atoms with van der Waals surface area (Å²) in [6.45, 7) is 0. The Labute approximate surface area is 52.4 Å². The van der Waals surface area contributed by atoms with Crippen LogP contribution in [0.5, 0.6) is 0 Å². The van der Waals surface area contributed by atoms with Crippen LogP contribution in [0.3, 0.4) is 0 Å². The van der Waals surface area contributed by atoms with Gasteiger partial charge in [-0.2, -0.15) is 0 Å². The Morgan fingerprint density at radius 3 is 2.29 bits per heavy atom. The summed E-state index contributed by atoms with van der Waals surface area (Å²) in [5.41, 5.74) is 5.60. The van der Waals surface area contributed by atoms with Crippen molar-refractivity contribution in [3.63, 3.8) is 0 Å². The van der Waals surface area contributed by atoms with Gasteiger partial charge in [0.15, 0.2) is 0 Å². The van der Waals surface area contributed by atoms with Crippen LogP contribution in [0.25, 0.3) is 0 Å². The lowest BCUT2D eigenvalue weighted by Gasteiger charge is -1.95. The summed E-state index contributed by atoms with van der Waals surface area (Å²) >= 11 is 3.50. The summed E-state index contributed by atoms with van der Waals surface area (Å²) in [5, 5.41) is 0. The van der Waals surface area contributed by atoms with Crippen LogP contribution in [0, 0.1) is 0 Å². The Hall–Kier alpha value is 0.440. The molecule has 1 nitrogen and oxygen atoms in total. The first-order chi connectivity index (χ1) is 3.29. The lowest BCUT2D eigenvalue weighted by atomic mass is 10.3. The SMILES string of the molecule is N[C@@H]1CCC(Br)C1. The zero-order valence-corrected chi connectivity index (χ0v) is 5.82. The molecule has 0 radical (unpaired) electrons. The molecule has 0 spiro atoms. The van der Waals surface area contributed by atoms with Crippen LogP contribution in [0.2, 0.25) is 0 Å². The quantitative estimate of drug-likeness (QED) is 0.536. The smallest absolute Gasteiger partial charge is 0.0161 e. The molecule has 1 aliphatic carbocycles. The first-order valence-electron chi connectivity index (χ1n) is 2.68. The van der Waals surface area contributed by atoms with E-state index in [2.05, 4.69) is 15.9 Å². The normalized spacial score (nSPS) is 42.0. The van der Waals surface area contributed by atoms with Gasteiger partial charge in [-0.05, 0) is 19.3 Å². The van der Waals surface area contributed by atoms with Gasteiger partial charge >= 0.3 is 0 Å². The molecule has 2 heteroatoms. The molecule has 0 aromatic rings. The maximum absolute atomic E-state index is 5.60. The maximum atomic E-state index is 5.60. The van der Waals surface area contributed by atoms with E-state index in [1.165, 1.54) is 19.3 Å². The molecule has 42 valence electrons. The number of hydrogen-bond acceptors (Lipinski definition) is 1. The molecule has 2 N–H and O–H groups in total. The molecular formula is C5H10BrN. The third-order valence-electron chi connectivity index (χ3n) is 1.41. The summed E-state index contributed by atoms with van der Waals surface area (Å²) in [4.78, 5) is 0.711. The van der Waals surface area contributed by atoms with Gasteiger partial charge in [-0.3, -0.25) is 0 Å². The molecular weight excluding hydrogens is 154 g/mol. The predicted molar refractivity (Wildman–Crippen MR) is 34.5 cm³/mol. The minimum Gasteiger partial charge on any atom is -0.328 e. The minimum atomic E-state index is 0.476. The minimum absolute atomic E-state index is 0.476. The van der Waals surface area contributed by atoms with Gasteiger partial charge in [0.05, 0.1) is 0 Å². The highest BCUT2D eigenvalue weighted by Gasteiger charge is 2.17. The molecule has 1 fully saturated rings. The predicted octanol–water partition coefficient (Wildman–Crippen LogP) is 1.26. The third-order valence-corrected chi connectivity index (χ3v) is 2.24. The molecule has 0 bridgehead atoms. The van der Waals surface area contributed by atoms with E-state index in [-0.39, 0.29) is 0 Å². The third kappa shape index (κ3) is 1.42. The molecule has 1 unspecified atom stereocenters. The van der Waals surface area contributed by atoms with Crippen LogP contribution in [0.4, 0.5) is 0 Å². The van der Waals surface area contributed by atoms with Crippen molar-refractivity contribution in [2.24, 2.45) is 5.73 Å². The Balaban J connectivity index is 2.26. The van der Waals surface area contributed by atoms with Gasteiger partial charge in [0.2, 0.25) is 0 Å². The second-order valence-corrected chi connectivity index (χ2v) is 3.47.